The highest BCUT2D eigenvalue weighted by Gasteiger charge is 2.31. The van der Waals surface area contributed by atoms with Crippen molar-refractivity contribution in [2.75, 3.05) is 0 Å². The smallest absolute Gasteiger partial charge is 0.192 e. The van der Waals surface area contributed by atoms with Gasteiger partial charge in [0.05, 0.1) is 5.25 Å². The van der Waals surface area contributed by atoms with E-state index in [1.165, 1.54) is 36.0 Å². The Morgan fingerprint density at radius 3 is 2.65 bits per heavy atom. The predicted molar refractivity (Wildman–Crippen MR) is 97.6 cm³/mol. The molecule has 0 radical (unpaired) electrons. The van der Waals surface area contributed by atoms with Crippen molar-refractivity contribution in [2.24, 2.45) is 0 Å². The summed E-state index contributed by atoms with van der Waals surface area (Å²) in [4.78, 5) is 16.8. The van der Waals surface area contributed by atoms with Crippen LogP contribution in [0, 0.1) is 5.82 Å². The zero-order valence-corrected chi connectivity index (χ0v) is 15.0. The Bertz CT molecular complexity index is 922. The zero-order chi connectivity index (χ0) is 18.1. The molecule has 26 heavy (non-hydrogen) atoms. The van der Waals surface area contributed by atoms with Gasteiger partial charge in [-0.1, -0.05) is 11.8 Å². The lowest BCUT2D eigenvalue weighted by Crippen LogP contribution is -2.14. The number of thioether (sulfide) groups is 1. The number of hydrogen-bond acceptors (Lipinski definition) is 5. The van der Waals surface area contributed by atoms with E-state index in [2.05, 4.69) is 19.7 Å². The molecule has 0 saturated heterocycles. The summed E-state index contributed by atoms with van der Waals surface area (Å²) in [7, 11) is 0. The molecule has 0 amide bonds. The highest BCUT2D eigenvalue weighted by molar-refractivity contribution is 8.00. The molecule has 1 atom stereocenters. The molecule has 1 saturated carbocycles. The zero-order valence-electron chi connectivity index (χ0n) is 14.2. The second kappa shape index (κ2) is 6.99. The number of pyridine rings is 1. The summed E-state index contributed by atoms with van der Waals surface area (Å²) >= 11 is 1.39. The Balaban J connectivity index is 1.59. The van der Waals surface area contributed by atoms with Gasteiger partial charge in [-0.2, -0.15) is 0 Å². The van der Waals surface area contributed by atoms with Crippen LogP contribution in [-0.4, -0.2) is 30.8 Å². The third kappa shape index (κ3) is 3.39. The van der Waals surface area contributed by atoms with Gasteiger partial charge in [-0.15, -0.1) is 10.2 Å². The summed E-state index contributed by atoms with van der Waals surface area (Å²) in [5.74, 6) is 0.379. The van der Waals surface area contributed by atoms with Gasteiger partial charge in [0.2, 0.25) is 0 Å². The van der Waals surface area contributed by atoms with Gasteiger partial charge >= 0.3 is 0 Å². The molecule has 7 heteroatoms. The van der Waals surface area contributed by atoms with E-state index in [4.69, 9.17) is 0 Å². The van der Waals surface area contributed by atoms with Crippen LogP contribution >= 0.6 is 11.8 Å². The monoisotopic (exact) mass is 368 g/mol. The number of halogens is 1. The number of hydrogen-bond donors (Lipinski definition) is 0. The summed E-state index contributed by atoms with van der Waals surface area (Å²) in [6.45, 7) is 1.84. The molecular formula is C19H17FN4OS. The van der Waals surface area contributed by atoms with Gasteiger partial charge in [0.15, 0.2) is 16.8 Å². The number of carbonyl (C=O) groups is 1. The van der Waals surface area contributed by atoms with E-state index in [0.29, 0.717) is 11.6 Å². The van der Waals surface area contributed by atoms with Gasteiger partial charge in [-0.25, -0.2) is 4.39 Å². The van der Waals surface area contributed by atoms with Gasteiger partial charge in [0, 0.05) is 29.6 Å². The standard InChI is InChI=1S/C19H17FN4OS/c1-12(17(25)13-4-6-15(20)7-5-13)26-19-23-22-18(24(19)16-8-9-16)14-3-2-10-21-11-14/h2-7,10-12,16H,8-9H2,1H3/t12-/m0/s1. The summed E-state index contributed by atoms with van der Waals surface area (Å²) in [6.07, 6.45) is 5.66. The van der Waals surface area contributed by atoms with E-state index in [1.54, 1.807) is 12.4 Å². The first-order chi connectivity index (χ1) is 12.6. The Labute approximate surface area is 154 Å². The molecule has 4 rings (SSSR count). The minimum Gasteiger partial charge on any atom is -0.299 e. The predicted octanol–water partition coefficient (Wildman–Crippen LogP) is 4.18. The van der Waals surface area contributed by atoms with Crippen LogP contribution in [0.15, 0.2) is 53.9 Å². The van der Waals surface area contributed by atoms with E-state index in [1.807, 2.05) is 19.1 Å². The lowest BCUT2D eigenvalue weighted by Gasteiger charge is -2.12. The molecule has 1 fully saturated rings. The molecule has 1 aliphatic rings. The minimum absolute atomic E-state index is 0.0525. The summed E-state index contributed by atoms with van der Waals surface area (Å²) in [6, 6.07) is 9.83. The van der Waals surface area contributed by atoms with Crippen molar-refractivity contribution in [2.45, 2.75) is 36.2 Å². The Morgan fingerprint density at radius 2 is 2.00 bits per heavy atom. The molecule has 1 aromatic carbocycles. The average molecular weight is 368 g/mol. The van der Waals surface area contributed by atoms with Crippen LogP contribution < -0.4 is 0 Å². The lowest BCUT2D eigenvalue weighted by atomic mass is 10.1. The molecule has 0 aliphatic heterocycles. The number of carbonyl (C=O) groups excluding carboxylic acids is 1. The molecule has 0 N–H and O–H groups in total. The fourth-order valence-corrected chi connectivity index (χ4v) is 3.77. The van der Waals surface area contributed by atoms with E-state index >= 15 is 0 Å². The fraction of sp³-hybridized carbons (Fsp3) is 0.263. The SMILES string of the molecule is C[C@H](Sc1nnc(-c2cccnc2)n1C1CC1)C(=O)c1ccc(F)cc1. The number of Topliss-reactive ketones (excluding diaryl/α,β-unsaturated/α-hetero) is 1. The molecule has 0 bridgehead atoms. The molecular weight excluding hydrogens is 351 g/mol. The molecule has 3 aromatic rings. The Kier molecular flexibility index (Phi) is 4.55. The van der Waals surface area contributed by atoms with Crippen LogP contribution in [0.5, 0.6) is 0 Å². The van der Waals surface area contributed by atoms with Gasteiger partial charge in [-0.05, 0) is 56.2 Å². The van der Waals surface area contributed by atoms with Crippen molar-refractivity contribution in [1.29, 1.82) is 0 Å². The third-order valence-corrected chi connectivity index (χ3v) is 5.33. The molecule has 5 nitrogen and oxygen atoms in total. The lowest BCUT2D eigenvalue weighted by molar-refractivity contribution is 0.0994. The van der Waals surface area contributed by atoms with Crippen LogP contribution in [0.25, 0.3) is 11.4 Å². The van der Waals surface area contributed by atoms with E-state index in [0.717, 1.165) is 29.4 Å². The number of aromatic nitrogens is 4. The first-order valence-corrected chi connectivity index (χ1v) is 9.33. The quantitative estimate of drug-likeness (QED) is 0.483. The first kappa shape index (κ1) is 16.9. The van der Waals surface area contributed by atoms with Crippen molar-refractivity contribution in [3.8, 4) is 11.4 Å². The average Bonchev–Trinajstić information content (AvgIpc) is 3.42. The third-order valence-electron chi connectivity index (χ3n) is 4.28. The molecule has 132 valence electrons. The normalized spacial score (nSPS) is 15.0. The summed E-state index contributed by atoms with van der Waals surface area (Å²) < 4.78 is 15.2. The van der Waals surface area contributed by atoms with E-state index < -0.39 is 0 Å². The first-order valence-electron chi connectivity index (χ1n) is 8.45. The van der Waals surface area contributed by atoms with Crippen molar-refractivity contribution in [1.82, 2.24) is 19.7 Å². The fourth-order valence-electron chi connectivity index (χ4n) is 2.77. The summed E-state index contributed by atoms with van der Waals surface area (Å²) in [5.41, 5.74) is 1.41. The van der Waals surface area contributed by atoms with Gasteiger partial charge in [0.1, 0.15) is 5.82 Å². The van der Waals surface area contributed by atoms with Crippen LogP contribution in [0.3, 0.4) is 0 Å². The van der Waals surface area contributed by atoms with E-state index in [-0.39, 0.29) is 16.9 Å². The highest BCUT2D eigenvalue weighted by atomic mass is 32.2. The van der Waals surface area contributed by atoms with Crippen molar-refractivity contribution in [3.63, 3.8) is 0 Å². The maximum absolute atomic E-state index is 13.1. The maximum Gasteiger partial charge on any atom is 0.192 e. The van der Waals surface area contributed by atoms with Crippen molar-refractivity contribution < 1.29 is 9.18 Å². The largest absolute Gasteiger partial charge is 0.299 e. The van der Waals surface area contributed by atoms with Crippen LogP contribution in [0.4, 0.5) is 4.39 Å². The van der Waals surface area contributed by atoms with Crippen LogP contribution in [0.2, 0.25) is 0 Å². The Morgan fingerprint density at radius 1 is 1.23 bits per heavy atom. The highest BCUT2D eigenvalue weighted by Crippen LogP contribution is 2.41. The number of nitrogens with zero attached hydrogens (tertiary/aromatic N) is 4. The van der Waals surface area contributed by atoms with Crippen LogP contribution in [0.1, 0.15) is 36.2 Å². The minimum atomic E-state index is -0.351. The second-order valence-corrected chi connectivity index (χ2v) is 7.59. The number of ketones is 1. The van der Waals surface area contributed by atoms with Crippen LogP contribution in [-0.2, 0) is 0 Å². The molecule has 0 unspecified atom stereocenters. The van der Waals surface area contributed by atoms with Crippen molar-refractivity contribution >= 4 is 17.5 Å². The molecule has 0 spiro atoms. The Hall–Kier alpha value is -2.54. The van der Waals surface area contributed by atoms with Gasteiger partial charge in [0.25, 0.3) is 0 Å². The summed E-state index contributed by atoms with van der Waals surface area (Å²) in [5, 5.41) is 9.04. The maximum atomic E-state index is 13.1. The molecule has 2 aromatic heterocycles. The molecule has 1 aliphatic carbocycles. The van der Waals surface area contributed by atoms with Gasteiger partial charge < -0.3 is 0 Å². The topological polar surface area (TPSA) is 60.7 Å². The van der Waals surface area contributed by atoms with Gasteiger partial charge in [-0.3, -0.25) is 14.3 Å². The number of benzene rings is 1. The second-order valence-electron chi connectivity index (χ2n) is 6.28. The van der Waals surface area contributed by atoms with Crippen molar-refractivity contribution in [3.05, 3.63) is 60.2 Å². The number of rotatable bonds is 6. The molecule has 2 heterocycles. The van der Waals surface area contributed by atoms with E-state index in [9.17, 15) is 9.18 Å².